The van der Waals surface area contributed by atoms with Crippen molar-refractivity contribution < 1.29 is 29.3 Å². The Morgan fingerprint density at radius 2 is 1.22 bits per heavy atom. The first kappa shape index (κ1) is 58.0. The number of ether oxygens (including phenoxy) is 2. The summed E-state index contributed by atoms with van der Waals surface area (Å²) in [6.07, 6.45) is 27.2. The van der Waals surface area contributed by atoms with Gasteiger partial charge < -0.3 is 24.6 Å². The fraction of sp³-hybridized carbons (Fsp3) is 0.846. The largest absolute Gasteiger partial charge is 0.462 e. The van der Waals surface area contributed by atoms with E-state index in [2.05, 4.69) is 44.4 Å². The molecule has 2 rings (SSSR count). The maximum Gasteiger partial charge on any atom is 0.338 e. The van der Waals surface area contributed by atoms with E-state index in [9.17, 15) is 19.8 Å². The van der Waals surface area contributed by atoms with Gasteiger partial charge in [-0.25, -0.2) is 4.79 Å². The number of esters is 2. The molecule has 1 saturated carbocycles. The predicted molar refractivity (Wildman–Crippen MR) is 255 cm³/mol. The average molecular weight is 847 g/mol. The van der Waals surface area contributed by atoms with E-state index in [1.165, 1.54) is 96.3 Å². The Morgan fingerprint density at radius 1 is 0.733 bits per heavy atom. The van der Waals surface area contributed by atoms with E-state index in [1.807, 2.05) is 40.9 Å². The molecule has 1 fully saturated rings. The topological polar surface area (TPSA) is 99.5 Å². The molecule has 3 atom stereocenters. The van der Waals surface area contributed by atoms with Crippen LogP contribution in [0.1, 0.15) is 236 Å². The van der Waals surface area contributed by atoms with Crippen LogP contribution in [0.2, 0.25) is 0 Å². The van der Waals surface area contributed by atoms with Crippen molar-refractivity contribution in [1.82, 2.24) is 9.80 Å². The van der Waals surface area contributed by atoms with Gasteiger partial charge in [0.25, 0.3) is 0 Å². The molecule has 2 N–H and O–H groups in total. The lowest BCUT2D eigenvalue weighted by molar-refractivity contribution is -0.134. The number of carbonyl (C=O) groups excluding carboxylic acids is 2. The Kier molecular flexibility index (Phi) is 37.4. The van der Waals surface area contributed by atoms with Crippen molar-refractivity contribution in [3.05, 3.63) is 28.8 Å². The van der Waals surface area contributed by atoms with E-state index in [0.29, 0.717) is 44.0 Å². The minimum Gasteiger partial charge on any atom is -0.462 e. The molecule has 8 heteroatoms. The minimum absolute atomic E-state index is 0.0959. The number of aliphatic hydroxyl groups is 2. The van der Waals surface area contributed by atoms with Crippen LogP contribution >= 0.6 is 0 Å². The van der Waals surface area contributed by atoms with Crippen molar-refractivity contribution in [2.24, 2.45) is 5.92 Å². The van der Waals surface area contributed by atoms with Crippen LogP contribution in [0.25, 0.3) is 0 Å². The lowest BCUT2D eigenvalue weighted by Gasteiger charge is -2.27. The van der Waals surface area contributed by atoms with Crippen LogP contribution < -0.4 is 4.74 Å². The lowest BCUT2D eigenvalue weighted by Crippen LogP contribution is -2.39. The van der Waals surface area contributed by atoms with Crippen LogP contribution in [0.3, 0.4) is 0 Å². The summed E-state index contributed by atoms with van der Waals surface area (Å²) < 4.78 is 11.5. The summed E-state index contributed by atoms with van der Waals surface area (Å²) in [6.45, 7) is 19.6. The van der Waals surface area contributed by atoms with Crippen LogP contribution in [0, 0.1) is 12.8 Å². The van der Waals surface area contributed by atoms with E-state index in [4.69, 9.17) is 9.47 Å². The summed E-state index contributed by atoms with van der Waals surface area (Å²) in [4.78, 5) is 30.3. The van der Waals surface area contributed by atoms with Crippen molar-refractivity contribution in [3.8, 4) is 5.75 Å². The third kappa shape index (κ3) is 30.1. The number of aliphatic hydroxyl groups excluding tert-OH is 2. The average Bonchev–Trinajstić information content (AvgIpc) is 3.21. The fourth-order valence-corrected chi connectivity index (χ4v) is 7.56. The zero-order chi connectivity index (χ0) is 45.0. The first-order valence-electron chi connectivity index (χ1n) is 25.2. The Hall–Kier alpha value is -2.00. The van der Waals surface area contributed by atoms with Gasteiger partial charge in [0.1, 0.15) is 5.75 Å². The summed E-state index contributed by atoms with van der Waals surface area (Å²) in [5.41, 5.74) is 2.07. The molecule has 60 heavy (non-hydrogen) atoms. The van der Waals surface area contributed by atoms with Gasteiger partial charge in [-0.2, -0.15) is 0 Å². The Morgan fingerprint density at radius 3 is 1.65 bits per heavy atom. The van der Waals surface area contributed by atoms with Gasteiger partial charge in [0.2, 0.25) is 0 Å². The molecule has 1 aromatic rings. The second-order valence-electron chi connectivity index (χ2n) is 18.0. The molecule has 352 valence electrons. The van der Waals surface area contributed by atoms with E-state index in [-0.39, 0.29) is 24.3 Å². The molecule has 0 saturated heterocycles. The van der Waals surface area contributed by atoms with Gasteiger partial charge in [-0.3, -0.25) is 9.69 Å². The number of nitrogens with zero attached hydrogens (tertiary/aromatic N) is 2. The summed E-state index contributed by atoms with van der Waals surface area (Å²) in [7, 11) is 3.99. The van der Waals surface area contributed by atoms with Crippen LogP contribution in [0.15, 0.2) is 12.1 Å². The van der Waals surface area contributed by atoms with E-state index in [1.54, 1.807) is 6.07 Å². The van der Waals surface area contributed by atoms with Crippen LogP contribution in [0.4, 0.5) is 0 Å². The Balaban J connectivity index is 0.00000453. The minimum atomic E-state index is -0.448. The van der Waals surface area contributed by atoms with Gasteiger partial charge in [-0.1, -0.05) is 170 Å². The first-order valence-corrected chi connectivity index (χ1v) is 25.2. The molecule has 0 aliphatic heterocycles. The predicted octanol–water partition coefficient (Wildman–Crippen LogP) is 13.2. The standard InChI is InChI=1S/C45H82N2O6.C5H10.C2H6/c1-8-11-13-15-17-19-21-23-27-40(48)35-47(36-41(49)28-24-22-20-18-16-14-12-9-2)31-25-29-43(50)53-44-38(5)33-39(34-42(44)37(4)10-3)45(51)52-32-26-30-46(6)7;1-5-3-2-4-5;1-2/h33-34,37,40-41,48-49H,8-32,35-36H2,1-7H3;5H,2-4H2,1H3;1-2H3. The number of carbonyl (C=O) groups is 2. The van der Waals surface area contributed by atoms with Gasteiger partial charge >= 0.3 is 11.9 Å². The van der Waals surface area contributed by atoms with Crippen molar-refractivity contribution in [2.75, 3.05) is 46.9 Å². The molecule has 0 aromatic heterocycles. The fourth-order valence-electron chi connectivity index (χ4n) is 7.56. The van der Waals surface area contributed by atoms with E-state index >= 15 is 0 Å². The normalized spacial score (nSPS) is 14.1. The second-order valence-corrected chi connectivity index (χ2v) is 18.0. The summed E-state index contributed by atoms with van der Waals surface area (Å²) in [5, 5.41) is 21.9. The van der Waals surface area contributed by atoms with Crippen LogP contribution in [-0.2, 0) is 9.53 Å². The molecule has 0 spiro atoms. The highest BCUT2D eigenvalue weighted by atomic mass is 16.5. The van der Waals surface area contributed by atoms with Crippen LogP contribution in [0.5, 0.6) is 5.75 Å². The molecule has 0 amide bonds. The van der Waals surface area contributed by atoms with E-state index in [0.717, 1.165) is 75.0 Å². The number of unbranched alkanes of at least 4 members (excludes halogenated alkanes) is 14. The third-order valence-electron chi connectivity index (χ3n) is 11.8. The van der Waals surface area contributed by atoms with Gasteiger partial charge in [0.05, 0.1) is 24.4 Å². The molecule has 3 unspecified atom stereocenters. The monoisotopic (exact) mass is 847 g/mol. The zero-order valence-corrected chi connectivity index (χ0v) is 41.1. The smallest absolute Gasteiger partial charge is 0.338 e. The molecule has 0 bridgehead atoms. The van der Waals surface area contributed by atoms with Crippen molar-refractivity contribution in [2.45, 2.75) is 234 Å². The molecular weight excluding hydrogens is 749 g/mol. The Labute approximate surface area is 371 Å². The SMILES string of the molecule is CC.CC1CCC1.CCCCCCCCCCC(O)CN(CCCC(=O)Oc1c(C)cc(C(=O)OCCCN(C)C)cc1C(C)CC)CC(O)CCCCCCCCCC. The highest BCUT2D eigenvalue weighted by molar-refractivity contribution is 5.90. The third-order valence-corrected chi connectivity index (χ3v) is 11.8. The molecule has 1 aliphatic carbocycles. The van der Waals surface area contributed by atoms with Gasteiger partial charge in [-0.05, 0) is 94.8 Å². The van der Waals surface area contributed by atoms with E-state index < -0.39 is 12.2 Å². The molecule has 0 heterocycles. The molecule has 0 radical (unpaired) electrons. The second kappa shape index (κ2) is 38.7. The van der Waals surface area contributed by atoms with Gasteiger partial charge in [0, 0.05) is 26.1 Å². The summed E-state index contributed by atoms with van der Waals surface area (Å²) in [5.74, 6) is 1.03. The molecule has 1 aromatic carbocycles. The molecule has 8 nitrogen and oxygen atoms in total. The van der Waals surface area contributed by atoms with Gasteiger partial charge in [0.15, 0.2) is 0 Å². The molecule has 1 aliphatic rings. The maximum absolute atomic E-state index is 13.2. The van der Waals surface area contributed by atoms with Gasteiger partial charge in [-0.15, -0.1) is 0 Å². The van der Waals surface area contributed by atoms with Crippen molar-refractivity contribution in [3.63, 3.8) is 0 Å². The molecular formula is C52H98N2O6. The van der Waals surface area contributed by atoms with Crippen LogP contribution in [-0.4, -0.2) is 91.0 Å². The van der Waals surface area contributed by atoms with Crippen molar-refractivity contribution >= 4 is 11.9 Å². The highest BCUT2D eigenvalue weighted by Crippen LogP contribution is 2.34. The highest BCUT2D eigenvalue weighted by Gasteiger charge is 2.22. The quantitative estimate of drug-likeness (QED) is 0.0402. The summed E-state index contributed by atoms with van der Waals surface area (Å²) >= 11 is 0. The maximum atomic E-state index is 13.2. The zero-order valence-electron chi connectivity index (χ0n) is 41.1. The number of hydrogen-bond donors (Lipinski definition) is 2. The Bertz CT molecular complexity index is 1140. The number of benzene rings is 1. The van der Waals surface area contributed by atoms with Crippen molar-refractivity contribution in [1.29, 1.82) is 0 Å². The summed E-state index contributed by atoms with van der Waals surface area (Å²) in [6, 6.07) is 3.58. The number of aryl methyl sites for hydroxylation is 1. The first-order chi connectivity index (χ1) is 28.9. The lowest BCUT2D eigenvalue weighted by atomic mass is 9.88. The number of hydrogen-bond acceptors (Lipinski definition) is 8. The number of rotatable bonds is 34.